The first-order valence-electron chi connectivity index (χ1n) is 9.69. The second-order valence-corrected chi connectivity index (χ2v) is 8.09. The average Bonchev–Trinajstić information content (AvgIpc) is 3.54. The van der Waals surface area contributed by atoms with Gasteiger partial charge in [0.1, 0.15) is 23.6 Å². The number of nitrogens with zero attached hydrogens (tertiary/aromatic N) is 4. The van der Waals surface area contributed by atoms with Gasteiger partial charge in [0, 0.05) is 14.1 Å². The number of rotatable bonds is 2. The molecule has 6 rings (SSSR count). The number of amides is 4. The molecule has 0 N–H and O–H groups in total. The SMILES string of the molecule is CN1C(=O)[C@@H]2[C@@H](C1=O)N1[C@@H](c3ccco3)[C@H]3C(=O)N(C)C(=O)[C@@H]3N1[C@H]2c1ccco1. The lowest BCUT2D eigenvalue weighted by atomic mass is 9.87. The van der Waals surface area contributed by atoms with Crippen LogP contribution in [0.1, 0.15) is 23.6 Å². The molecule has 154 valence electrons. The van der Waals surface area contributed by atoms with Crippen molar-refractivity contribution in [2.24, 2.45) is 11.8 Å². The summed E-state index contributed by atoms with van der Waals surface area (Å²) in [6.07, 6.45) is 2.98. The van der Waals surface area contributed by atoms with E-state index >= 15 is 0 Å². The Morgan fingerprint density at radius 1 is 0.633 bits per heavy atom. The fourth-order valence-corrected chi connectivity index (χ4v) is 5.59. The monoisotopic (exact) mass is 410 g/mol. The fraction of sp³-hybridized carbons (Fsp3) is 0.400. The van der Waals surface area contributed by atoms with E-state index in [2.05, 4.69) is 0 Å². The van der Waals surface area contributed by atoms with Gasteiger partial charge >= 0.3 is 0 Å². The van der Waals surface area contributed by atoms with Crippen molar-refractivity contribution in [1.29, 1.82) is 0 Å². The maximum absolute atomic E-state index is 13.1. The molecule has 0 aliphatic carbocycles. The summed E-state index contributed by atoms with van der Waals surface area (Å²) in [4.78, 5) is 54.6. The largest absolute Gasteiger partial charge is 0.468 e. The van der Waals surface area contributed by atoms with Crippen LogP contribution in [0, 0.1) is 11.8 Å². The maximum atomic E-state index is 13.1. The Bertz CT molecular complexity index is 993. The fourth-order valence-electron chi connectivity index (χ4n) is 5.59. The minimum absolute atomic E-state index is 0.333. The molecule has 0 radical (unpaired) electrons. The summed E-state index contributed by atoms with van der Waals surface area (Å²) in [6, 6.07) is 3.80. The Labute approximate surface area is 170 Å². The second-order valence-electron chi connectivity index (χ2n) is 8.09. The molecule has 2 aromatic heterocycles. The summed E-state index contributed by atoms with van der Waals surface area (Å²) in [5.41, 5.74) is 0. The van der Waals surface area contributed by atoms with Crippen molar-refractivity contribution in [3.63, 3.8) is 0 Å². The van der Waals surface area contributed by atoms with Crippen LogP contribution in [0.3, 0.4) is 0 Å². The van der Waals surface area contributed by atoms with Crippen molar-refractivity contribution in [3.8, 4) is 0 Å². The summed E-state index contributed by atoms with van der Waals surface area (Å²) in [6.45, 7) is 0. The highest BCUT2D eigenvalue weighted by Crippen LogP contribution is 2.58. The van der Waals surface area contributed by atoms with Gasteiger partial charge < -0.3 is 8.83 Å². The zero-order valence-corrected chi connectivity index (χ0v) is 16.2. The molecule has 0 aromatic carbocycles. The van der Waals surface area contributed by atoms with Gasteiger partial charge in [-0.25, -0.2) is 10.0 Å². The van der Waals surface area contributed by atoms with Gasteiger partial charge in [-0.1, -0.05) is 0 Å². The van der Waals surface area contributed by atoms with Gasteiger partial charge in [0.15, 0.2) is 0 Å². The molecule has 2 aromatic rings. The van der Waals surface area contributed by atoms with E-state index in [0.29, 0.717) is 11.5 Å². The number of carbonyl (C=O) groups excluding carboxylic acids is 4. The molecule has 4 fully saturated rings. The number of carbonyl (C=O) groups is 4. The molecule has 10 heteroatoms. The van der Waals surface area contributed by atoms with E-state index in [1.807, 2.05) is 0 Å². The van der Waals surface area contributed by atoms with Gasteiger partial charge in [-0.2, -0.15) is 0 Å². The Hall–Kier alpha value is -3.24. The summed E-state index contributed by atoms with van der Waals surface area (Å²) in [5, 5.41) is 3.44. The van der Waals surface area contributed by atoms with E-state index in [1.165, 1.54) is 26.6 Å². The van der Waals surface area contributed by atoms with Crippen molar-refractivity contribution in [1.82, 2.24) is 19.8 Å². The highest BCUT2D eigenvalue weighted by Gasteiger charge is 2.73. The highest BCUT2D eigenvalue weighted by molar-refractivity contribution is 6.10. The average molecular weight is 410 g/mol. The van der Waals surface area contributed by atoms with Crippen molar-refractivity contribution in [2.45, 2.75) is 24.2 Å². The molecule has 4 aliphatic rings. The first-order valence-corrected chi connectivity index (χ1v) is 9.69. The minimum atomic E-state index is -0.843. The number of furan rings is 2. The molecule has 4 amide bonds. The highest BCUT2D eigenvalue weighted by atomic mass is 16.3. The van der Waals surface area contributed by atoms with Crippen LogP contribution >= 0.6 is 0 Å². The molecule has 0 bridgehead atoms. The van der Waals surface area contributed by atoms with Gasteiger partial charge in [-0.3, -0.25) is 29.0 Å². The summed E-state index contributed by atoms with van der Waals surface area (Å²) < 4.78 is 11.3. The van der Waals surface area contributed by atoms with E-state index in [9.17, 15) is 19.2 Å². The first kappa shape index (κ1) is 17.6. The van der Waals surface area contributed by atoms with Crippen LogP contribution < -0.4 is 0 Å². The molecule has 6 heterocycles. The molecule has 30 heavy (non-hydrogen) atoms. The summed E-state index contributed by atoms with van der Waals surface area (Å²) in [7, 11) is 2.91. The molecular weight excluding hydrogens is 392 g/mol. The van der Waals surface area contributed by atoms with Crippen molar-refractivity contribution < 1.29 is 28.0 Å². The van der Waals surface area contributed by atoms with Crippen molar-refractivity contribution >= 4 is 23.6 Å². The van der Waals surface area contributed by atoms with Crippen LogP contribution in [0.25, 0.3) is 0 Å². The molecular formula is C20H18N4O6. The van der Waals surface area contributed by atoms with Crippen LogP contribution in [0.2, 0.25) is 0 Å². The molecule has 0 unspecified atom stereocenters. The predicted octanol–water partition coefficient (Wildman–Crippen LogP) is 0.168. The summed E-state index contributed by atoms with van der Waals surface area (Å²) >= 11 is 0. The molecule has 0 spiro atoms. The smallest absolute Gasteiger partial charge is 0.248 e. The predicted molar refractivity (Wildman–Crippen MR) is 96.7 cm³/mol. The molecule has 4 aliphatic heterocycles. The molecule has 0 saturated carbocycles. The van der Waals surface area contributed by atoms with E-state index in [1.54, 1.807) is 34.3 Å². The zero-order chi connectivity index (χ0) is 20.9. The van der Waals surface area contributed by atoms with E-state index in [4.69, 9.17) is 8.83 Å². The Kier molecular flexibility index (Phi) is 3.33. The minimum Gasteiger partial charge on any atom is -0.468 e. The van der Waals surface area contributed by atoms with Gasteiger partial charge in [0.05, 0.1) is 36.4 Å². The van der Waals surface area contributed by atoms with E-state index in [-0.39, 0.29) is 23.6 Å². The molecule has 4 saturated heterocycles. The topological polar surface area (TPSA) is 108 Å². The Morgan fingerprint density at radius 2 is 1.03 bits per heavy atom. The van der Waals surface area contributed by atoms with Crippen molar-refractivity contribution in [2.75, 3.05) is 14.1 Å². The quantitative estimate of drug-likeness (QED) is 0.645. The standard InChI is InChI=1S/C20H18N4O6/c1-21-17(25)11-13(9-5-3-7-29-9)24-16-12(18(26)22(2)20(16)28)14(10-6-4-8-30-10)23(24)15(11)19(21)27/h3-8,11-16H,1-2H3/t11-,12+,13-,14-,15-,16+/m0/s1. The van der Waals surface area contributed by atoms with Crippen LogP contribution in [0.15, 0.2) is 45.6 Å². The summed E-state index contributed by atoms with van der Waals surface area (Å²) in [5.74, 6) is -1.96. The third-order valence-electron chi connectivity index (χ3n) is 6.84. The second kappa shape index (κ2) is 5.67. The lowest BCUT2D eigenvalue weighted by molar-refractivity contribution is -0.152. The maximum Gasteiger partial charge on any atom is 0.248 e. The van der Waals surface area contributed by atoms with Crippen LogP contribution in [0.4, 0.5) is 0 Å². The van der Waals surface area contributed by atoms with Gasteiger partial charge in [0.25, 0.3) is 0 Å². The number of likely N-dealkylation sites (tertiary alicyclic amines) is 2. The number of fused-ring (bicyclic) bond motifs is 5. The van der Waals surface area contributed by atoms with Crippen LogP contribution in [-0.4, -0.2) is 69.6 Å². The lowest BCUT2D eigenvalue weighted by Crippen LogP contribution is -2.49. The number of likely N-dealkylation sites (N-methyl/N-ethyl adjacent to an activating group) is 2. The third kappa shape index (κ3) is 1.86. The normalized spacial score (nSPS) is 36.2. The van der Waals surface area contributed by atoms with E-state index in [0.717, 1.165) is 9.80 Å². The number of hydrogen-bond donors (Lipinski definition) is 0. The lowest BCUT2D eigenvalue weighted by Gasteiger charge is -2.33. The van der Waals surface area contributed by atoms with Crippen molar-refractivity contribution in [3.05, 3.63) is 48.3 Å². The molecule has 10 nitrogen and oxygen atoms in total. The number of imide groups is 2. The Morgan fingerprint density at radius 3 is 1.37 bits per heavy atom. The zero-order valence-electron chi connectivity index (χ0n) is 16.2. The van der Waals surface area contributed by atoms with Gasteiger partial charge in [-0.05, 0) is 24.3 Å². The Balaban J connectivity index is 1.59. The van der Waals surface area contributed by atoms with Crippen LogP contribution in [-0.2, 0) is 19.2 Å². The van der Waals surface area contributed by atoms with Crippen LogP contribution in [0.5, 0.6) is 0 Å². The third-order valence-corrected chi connectivity index (χ3v) is 6.84. The first-order chi connectivity index (χ1) is 14.4. The number of hydrogen-bond acceptors (Lipinski definition) is 8. The van der Waals surface area contributed by atoms with Gasteiger partial charge in [-0.15, -0.1) is 0 Å². The van der Waals surface area contributed by atoms with Gasteiger partial charge in [0.2, 0.25) is 23.6 Å². The molecule has 6 atom stereocenters. The number of hydrazine groups is 1. The van der Waals surface area contributed by atoms with E-state index < -0.39 is 36.0 Å².